The number of amides is 2. The summed E-state index contributed by atoms with van der Waals surface area (Å²) in [7, 11) is 0. The molecule has 2 rings (SSSR count). The Morgan fingerprint density at radius 2 is 1.81 bits per heavy atom. The van der Waals surface area contributed by atoms with Crippen molar-refractivity contribution in [2.75, 3.05) is 11.9 Å². The third-order valence-corrected chi connectivity index (χ3v) is 6.01. The zero-order valence-corrected chi connectivity index (χ0v) is 17.5. The SMILES string of the molecule is CCc1c(C)sc(NC(=O)COc2ccc(C(C)(C)CC)cc2)c1C(N)=O. The lowest BCUT2D eigenvalue weighted by molar-refractivity contribution is -0.118. The van der Waals surface area contributed by atoms with Crippen LogP contribution in [0.3, 0.4) is 0 Å². The van der Waals surface area contributed by atoms with Gasteiger partial charge in [-0.05, 0) is 48.4 Å². The standard InChI is InChI=1S/C21H28N2O3S/c1-6-16-13(3)27-20(18(16)19(22)25)23-17(24)12-26-15-10-8-14(9-11-15)21(4,5)7-2/h8-11H,6-7,12H2,1-5H3,(H2,22,25)(H,23,24). The summed E-state index contributed by atoms with van der Waals surface area (Å²) in [6.45, 7) is 10.3. The fourth-order valence-electron chi connectivity index (χ4n) is 2.87. The molecule has 0 bridgehead atoms. The number of anilines is 1. The summed E-state index contributed by atoms with van der Waals surface area (Å²) in [4.78, 5) is 25.0. The molecule has 6 heteroatoms. The Morgan fingerprint density at radius 1 is 1.19 bits per heavy atom. The largest absolute Gasteiger partial charge is 0.484 e. The highest BCUT2D eigenvalue weighted by Gasteiger charge is 2.21. The molecule has 0 fully saturated rings. The third kappa shape index (κ3) is 4.89. The lowest BCUT2D eigenvalue weighted by atomic mass is 9.82. The van der Waals surface area contributed by atoms with Crippen LogP contribution in [0.2, 0.25) is 0 Å². The van der Waals surface area contributed by atoms with Crippen LogP contribution in [0.4, 0.5) is 5.00 Å². The lowest BCUT2D eigenvalue weighted by Crippen LogP contribution is -2.22. The number of hydrogen-bond acceptors (Lipinski definition) is 4. The maximum Gasteiger partial charge on any atom is 0.262 e. The number of hydrogen-bond donors (Lipinski definition) is 2. The second kappa shape index (κ2) is 8.57. The second-order valence-corrected chi connectivity index (χ2v) is 8.38. The van der Waals surface area contributed by atoms with Gasteiger partial charge in [-0.3, -0.25) is 9.59 Å². The Kier molecular flexibility index (Phi) is 6.65. The van der Waals surface area contributed by atoms with Crippen LogP contribution in [0, 0.1) is 6.92 Å². The van der Waals surface area contributed by atoms with Crippen LogP contribution in [0.25, 0.3) is 0 Å². The van der Waals surface area contributed by atoms with Crippen LogP contribution >= 0.6 is 11.3 Å². The van der Waals surface area contributed by atoms with Crippen molar-refractivity contribution < 1.29 is 14.3 Å². The molecule has 1 aromatic carbocycles. The Labute approximate surface area is 164 Å². The highest BCUT2D eigenvalue weighted by atomic mass is 32.1. The Bertz CT molecular complexity index is 823. The number of benzene rings is 1. The minimum absolute atomic E-state index is 0.106. The zero-order valence-electron chi connectivity index (χ0n) is 16.6. The van der Waals surface area contributed by atoms with Gasteiger partial charge in [-0.1, -0.05) is 39.8 Å². The van der Waals surface area contributed by atoms with Gasteiger partial charge < -0.3 is 15.8 Å². The average molecular weight is 389 g/mol. The summed E-state index contributed by atoms with van der Waals surface area (Å²) in [5.41, 5.74) is 8.12. The van der Waals surface area contributed by atoms with E-state index < -0.39 is 5.91 Å². The fourth-order valence-corrected chi connectivity index (χ4v) is 4.04. The van der Waals surface area contributed by atoms with Gasteiger partial charge in [0.05, 0.1) is 5.56 Å². The average Bonchev–Trinajstić information content (AvgIpc) is 2.95. The Hall–Kier alpha value is -2.34. The molecule has 0 aliphatic rings. The first-order valence-corrected chi connectivity index (χ1v) is 9.96. The van der Waals surface area contributed by atoms with Gasteiger partial charge >= 0.3 is 0 Å². The predicted octanol–water partition coefficient (Wildman–Crippen LogP) is 4.42. The van der Waals surface area contributed by atoms with Crippen LogP contribution < -0.4 is 15.8 Å². The molecule has 146 valence electrons. The molecule has 0 saturated heterocycles. The molecule has 1 heterocycles. The summed E-state index contributed by atoms with van der Waals surface area (Å²) >= 11 is 1.36. The smallest absolute Gasteiger partial charge is 0.262 e. The monoisotopic (exact) mass is 388 g/mol. The van der Waals surface area contributed by atoms with Gasteiger partial charge in [0.1, 0.15) is 10.8 Å². The molecular weight excluding hydrogens is 360 g/mol. The number of ether oxygens (including phenoxy) is 1. The first-order valence-electron chi connectivity index (χ1n) is 9.14. The highest BCUT2D eigenvalue weighted by Crippen LogP contribution is 2.33. The van der Waals surface area contributed by atoms with Crippen molar-refractivity contribution in [2.24, 2.45) is 5.73 Å². The summed E-state index contributed by atoms with van der Waals surface area (Å²) in [6, 6.07) is 7.80. The van der Waals surface area contributed by atoms with E-state index in [0.29, 0.717) is 22.7 Å². The summed E-state index contributed by atoms with van der Waals surface area (Å²) in [6.07, 6.45) is 1.73. The molecule has 0 atom stereocenters. The van der Waals surface area contributed by atoms with Crippen molar-refractivity contribution in [2.45, 2.75) is 52.9 Å². The molecule has 2 aromatic rings. The van der Waals surface area contributed by atoms with E-state index >= 15 is 0 Å². The van der Waals surface area contributed by atoms with Gasteiger partial charge in [0, 0.05) is 4.88 Å². The second-order valence-electron chi connectivity index (χ2n) is 7.16. The van der Waals surface area contributed by atoms with Gasteiger partial charge in [0.2, 0.25) is 0 Å². The van der Waals surface area contributed by atoms with E-state index in [-0.39, 0.29) is 17.9 Å². The number of carbonyl (C=O) groups excluding carboxylic acids is 2. The quantitative estimate of drug-likeness (QED) is 0.702. The zero-order chi connectivity index (χ0) is 20.2. The molecule has 5 nitrogen and oxygen atoms in total. The number of thiophene rings is 1. The maximum absolute atomic E-state index is 12.3. The molecular formula is C21H28N2O3S. The van der Waals surface area contributed by atoms with Crippen LogP contribution in [0.5, 0.6) is 5.75 Å². The molecule has 1 aromatic heterocycles. The van der Waals surface area contributed by atoms with Gasteiger partial charge in [-0.15, -0.1) is 11.3 Å². The van der Waals surface area contributed by atoms with Gasteiger partial charge in [-0.25, -0.2) is 0 Å². The van der Waals surface area contributed by atoms with Gasteiger partial charge in [0.15, 0.2) is 6.61 Å². The summed E-state index contributed by atoms with van der Waals surface area (Å²) in [5.74, 6) is -0.214. The maximum atomic E-state index is 12.3. The molecule has 0 saturated carbocycles. The molecule has 3 N–H and O–H groups in total. The van der Waals surface area contributed by atoms with Crippen LogP contribution in [0.1, 0.15) is 60.5 Å². The molecule has 2 amide bonds. The first-order chi connectivity index (χ1) is 12.7. The minimum atomic E-state index is -0.526. The van der Waals surface area contributed by atoms with Gasteiger partial charge in [-0.2, -0.15) is 0 Å². The van der Waals surface area contributed by atoms with Crippen LogP contribution in [0.15, 0.2) is 24.3 Å². The summed E-state index contributed by atoms with van der Waals surface area (Å²) < 4.78 is 5.58. The van der Waals surface area contributed by atoms with E-state index in [0.717, 1.165) is 16.9 Å². The number of rotatable bonds is 8. The molecule has 27 heavy (non-hydrogen) atoms. The highest BCUT2D eigenvalue weighted by molar-refractivity contribution is 7.16. The van der Waals surface area contributed by atoms with Crippen LogP contribution in [-0.2, 0) is 16.6 Å². The number of nitrogens with one attached hydrogen (secondary N) is 1. The molecule has 0 unspecified atom stereocenters. The van der Waals surface area contributed by atoms with Crippen molar-refractivity contribution in [3.05, 3.63) is 45.8 Å². The van der Waals surface area contributed by atoms with E-state index in [1.807, 2.05) is 38.1 Å². The van der Waals surface area contributed by atoms with E-state index in [9.17, 15) is 9.59 Å². The number of nitrogens with two attached hydrogens (primary N) is 1. The third-order valence-electron chi connectivity index (χ3n) is 4.95. The molecule has 0 aliphatic carbocycles. The normalized spacial score (nSPS) is 11.3. The van der Waals surface area contributed by atoms with Crippen molar-refractivity contribution in [3.8, 4) is 5.75 Å². The molecule has 0 radical (unpaired) electrons. The predicted molar refractivity (Wildman–Crippen MR) is 111 cm³/mol. The Balaban J connectivity index is 2.02. The number of carbonyl (C=O) groups is 2. The van der Waals surface area contributed by atoms with Crippen LogP contribution in [-0.4, -0.2) is 18.4 Å². The molecule has 0 spiro atoms. The van der Waals surface area contributed by atoms with E-state index in [4.69, 9.17) is 10.5 Å². The van der Waals surface area contributed by atoms with Crippen molar-refractivity contribution in [3.63, 3.8) is 0 Å². The first kappa shape index (κ1) is 21.0. The van der Waals surface area contributed by atoms with Gasteiger partial charge in [0.25, 0.3) is 11.8 Å². The topological polar surface area (TPSA) is 81.4 Å². The fraction of sp³-hybridized carbons (Fsp3) is 0.429. The van der Waals surface area contributed by atoms with Crippen molar-refractivity contribution in [1.29, 1.82) is 0 Å². The van der Waals surface area contributed by atoms with Crippen molar-refractivity contribution in [1.82, 2.24) is 0 Å². The Morgan fingerprint density at radius 3 is 2.33 bits per heavy atom. The number of aryl methyl sites for hydroxylation is 1. The van der Waals surface area contributed by atoms with E-state index in [1.165, 1.54) is 16.9 Å². The number of primary amides is 1. The minimum Gasteiger partial charge on any atom is -0.484 e. The van der Waals surface area contributed by atoms with Crippen molar-refractivity contribution >= 4 is 28.2 Å². The molecule has 0 aliphatic heterocycles. The summed E-state index contributed by atoms with van der Waals surface area (Å²) in [5, 5.41) is 3.25. The van der Waals surface area contributed by atoms with E-state index in [2.05, 4.69) is 26.1 Å². The lowest BCUT2D eigenvalue weighted by Gasteiger charge is -2.23. The van der Waals surface area contributed by atoms with E-state index in [1.54, 1.807) is 0 Å².